The van der Waals surface area contributed by atoms with Gasteiger partial charge >= 0.3 is 0 Å². The van der Waals surface area contributed by atoms with Crippen LogP contribution < -0.4 is 10.1 Å². The normalized spacial score (nSPS) is 26.1. The summed E-state index contributed by atoms with van der Waals surface area (Å²) in [5, 5.41) is 3.30. The van der Waals surface area contributed by atoms with Gasteiger partial charge in [0.1, 0.15) is 5.75 Å². The second-order valence-electron chi connectivity index (χ2n) is 5.62. The number of amides is 1. The lowest BCUT2D eigenvalue weighted by Gasteiger charge is -2.30. The Labute approximate surface area is 125 Å². The van der Waals surface area contributed by atoms with Crippen LogP contribution in [0.15, 0.2) is 24.3 Å². The zero-order chi connectivity index (χ0) is 14.7. The third-order valence-corrected chi connectivity index (χ3v) is 4.28. The number of piperidine rings is 1. The van der Waals surface area contributed by atoms with Gasteiger partial charge in [0.15, 0.2) is 0 Å². The molecule has 1 N–H and O–H groups in total. The number of benzene rings is 1. The van der Waals surface area contributed by atoms with E-state index in [4.69, 9.17) is 9.47 Å². The summed E-state index contributed by atoms with van der Waals surface area (Å²) in [5.41, 5.74) is 1.12. The highest BCUT2D eigenvalue weighted by Crippen LogP contribution is 2.23. The minimum atomic E-state index is 0.00648. The van der Waals surface area contributed by atoms with Gasteiger partial charge in [-0.3, -0.25) is 4.79 Å². The highest BCUT2D eigenvalue weighted by Gasteiger charge is 2.36. The van der Waals surface area contributed by atoms with Crippen molar-refractivity contribution in [1.29, 1.82) is 0 Å². The van der Waals surface area contributed by atoms with Crippen LogP contribution in [0.2, 0.25) is 0 Å². The molecule has 2 heterocycles. The molecule has 2 aliphatic heterocycles. The number of rotatable bonds is 3. The first-order valence-corrected chi connectivity index (χ1v) is 7.52. The fourth-order valence-corrected chi connectivity index (χ4v) is 3.05. The number of nitrogens with zero attached hydrogens (tertiary/aromatic N) is 1. The standard InChI is InChI=1S/C16H22N2O3/c1-20-13-4-2-12(3-5-13)11-18-8-9-21-15-10-17-7-6-14(15)16(18)19/h2-5,14-15,17H,6-11H2,1H3/t14-,15+/m1/s1. The van der Waals surface area contributed by atoms with Gasteiger partial charge in [-0.15, -0.1) is 0 Å². The van der Waals surface area contributed by atoms with E-state index in [-0.39, 0.29) is 17.9 Å². The molecule has 0 spiro atoms. The van der Waals surface area contributed by atoms with Crippen molar-refractivity contribution >= 4 is 5.91 Å². The summed E-state index contributed by atoms with van der Waals surface area (Å²) in [7, 11) is 1.65. The Morgan fingerprint density at radius 3 is 2.95 bits per heavy atom. The lowest BCUT2D eigenvalue weighted by atomic mass is 9.93. The molecular formula is C16H22N2O3. The van der Waals surface area contributed by atoms with Crippen molar-refractivity contribution in [2.45, 2.75) is 19.1 Å². The number of nitrogens with one attached hydrogen (secondary N) is 1. The van der Waals surface area contributed by atoms with E-state index in [1.807, 2.05) is 29.2 Å². The van der Waals surface area contributed by atoms with Crippen LogP contribution >= 0.6 is 0 Å². The van der Waals surface area contributed by atoms with E-state index in [1.165, 1.54) is 0 Å². The van der Waals surface area contributed by atoms with Gasteiger partial charge in [0.25, 0.3) is 0 Å². The average Bonchev–Trinajstić information content (AvgIpc) is 2.69. The summed E-state index contributed by atoms with van der Waals surface area (Å²) in [6.07, 6.45) is 0.898. The quantitative estimate of drug-likeness (QED) is 0.903. The van der Waals surface area contributed by atoms with Crippen LogP contribution in [0.4, 0.5) is 0 Å². The maximum absolute atomic E-state index is 12.7. The molecule has 0 saturated carbocycles. The van der Waals surface area contributed by atoms with Gasteiger partial charge in [0, 0.05) is 19.6 Å². The average molecular weight is 290 g/mol. The van der Waals surface area contributed by atoms with E-state index in [0.29, 0.717) is 19.7 Å². The summed E-state index contributed by atoms with van der Waals surface area (Å²) in [6, 6.07) is 7.89. The molecule has 2 saturated heterocycles. The number of methoxy groups -OCH3 is 1. The van der Waals surface area contributed by atoms with Crippen LogP contribution in [-0.4, -0.2) is 50.3 Å². The smallest absolute Gasteiger partial charge is 0.228 e. The molecule has 1 amide bonds. The molecule has 21 heavy (non-hydrogen) atoms. The molecule has 5 heteroatoms. The number of hydrogen-bond acceptors (Lipinski definition) is 4. The fourth-order valence-electron chi connectivity index (χ4n) is 3.05. The van der Waals surface area contributed by atoms with Crippen molar-refractivity contribution in [3.63, 3.8) is 0 Å². The maximum Gasteiger partial charge on any atom is 0.228 e. The molecule has 0 bridgehead atoms. The van der Waals surface area contributed by atoms with E-state index >= 15 is 0 Å². The lowest BCUT2D eigenvalue weighted by Crippen LogP contribution is -2.47. The van der Waals surface area contributed by atoms with E-state index in [9.17, 15) is 4.79 Å². The maximum atomic E-state index is 12.7. The zero-order valence-electron chi connectivity index (χ0n) is 12.4. The summed E-state index contributed by atoms with van der Waals surface area (Å²) in [5.74, 6) is 1.07. The number of ether oxygens (including phenoxy) is 2. The molecule has 114 valence electrons. The Morgan fingerprint density at radius 1 is 1.38 bits per heavy atom. The third-order valence-electron chi connectivity index (χ3n) is 4.28. The first-order valence-electron chi connectivity index (χ1n) is 7.52. The molecule has 0 aromatic heterocycles. The van der Waals surface area contributed by atoms with Gasteiger partial charge in [-0.05, 0) is 30.7 Å². The Morgan fingerprint density at radius 2 is 2.19 bits per heavy atom. The predicted molar refractivity (Wildman–Crippen MR) is 79.1 cm³/mol. The van der Waals surface area contributed by atoms with E-state index in [1.54, 1.807) is 7.11 Å². The number of carbonyl (C=O) groups excluding carboxylic acids is 1. The molecule has 0 unspecified atom stereocenters. The monoisotopic (exact) mass is 290 g/mol. The Balaban J connectivity index is 1.70. The van der Waals surface area contributed by atoms with Gasteiger partial charge in [-0.25, -0.2) is 0 Å². The number of hydrogen-bond donors (Lipinski definition) is 1. The predicted octanol–water partition coefficient (Wildman–Crippen LogP) is 1.03. The Kier molecular flexibility index (Phi) is 4.41. The first-order chi connectivity index (χ1) is 10.3. The molecule has 5 nitrogen and oxygen atoms in total. The molecule has 1 aromatic carbocycles. The second kappa shape index (κ2) is 6.45. The van der Waals surface area contributed by atoms with Crippen molar-refractivity contribution < 1.29 is 14.3 Å². The lowest BCUT2D eigenvalue weighted by molar-refractivity contribution is -0.138. The summed E-state index contributed by atoms with van der Waals surface area (Å²) >= 11 is 0. The Hall–Kier alpha value is -1.59. The molecule has 3 rings (SSSR count). The van der Waals surface area contributed by atoms with Crippen LogP contribution in [-0.2, 0) is 16.1 Å². The van der Waals surface area contributed by atoms with Crippen LogP contribution in [0.25, 0.3) is 0 Å². The van der Waals surface area contributed by atoms with Crippen molar-refractivity contribution in [2.24, 2.45) is 5.92 Å². The first kappa shape index (κ1) is 14.4. The molecule has 0 radical (unpaired) electrons. The molecular weight excluding hydrogens is 268 g/mol. The largest absolute Gasteiger partial charge is 0.497 e. The van der Waals surface area contributed by atoms with E-state index in [2.05, 4.69) is 5.32 Å². The molecule has 1 aromatic rings. The van der Waals surface area contributed by atoms with Crippen LogP contribution in [0.5, 0.6) is 5.75 Å². The van der Waals surface area contributed by atoms with Crippen molar-refractivity contribution in [3.8, 4) is 5.75 Å². The number of carbonyl (C=O) groups is 1. The van der Waals surface area contributed by atoms with Crippen molar-refractivity contribution in [3.05, 3.63) is 29.8 Å². The SMILES string of the molecule is COc1ccc(CN2CCO[C@H]3CNCC[C@H]3C2=O)cc1. The fraction of sp³-hybridized carbons (Fsp3) is 0.562. The van der Waals surface area contributed by atoms with Gasteiger partial charge < -0.3 is 19.7 Å². The molecule has 2 atom stereocenters. The van der Waals surface area contributed by atoms with Crippen LogP contribution in [0.1, 0.15) is 12.0 Å². The summed E-state index contributed by atoms with van der Waals surface area (Å²) in [6.45, 7) is 3.60. The minimum Gasteiger partial charge on any atom is -0.497 e. The summed E-state index contributed by atoms with van der Waals surface area (Å²) < 4.78 is 11.0. The summed E-state index contributed by atoms with van der Waals surface area (Å²) in [4.78, 5) is 14.6. The van der Waals surface area contributed by atoms with Crippen molar-refractivity contribution in [2.75, 3.05) is 33.4 Å². The van der Waals surface area contributed by atoms with E-state index < -0.39 is 0 Å². The molecule has 2 fully saturated rings. The second-order valence-corrected chi connectivity index (χ2v) is 5.62. The van der Waals surface area contributed by atoms with E-state index in [0.717, 1.165) is 30.8 Å². The molecule has 2 aliphatic rings. The van der Waals surface area contributed by atoms with Gasteiger partial charge in [0.2, 0.25) is 5.91 Å². The van der Waals surface area contributed by atoms with Gasteiger partial charge in [-0.2, -0.15) is 0 Å². The third kappa shape index (κ3) is 3.19. The van der Waals surface area contributed by atoms with Crippen molar-refractivity contribution in [1.82, 2.24) is 10.2 Å². The highest BCUT2D eigenvalue weighted by molar-refractivity contribution is 5.80. The van der Waals surface area contributed by atoms with Gasteiger partial charge in [-0.1, -0.05) is 12.1 Å². The van der Waals surface area contributed by atoms with Crippen LogP contribution in [0.3, 0.4) is 0 Å². The Bertz CT molecular complexity index is 489. The molecule has 0 aliphatic carbocycles. The topological polar surface area (TPSA) is 50.8 Å². The van der Waals surface area contributed by atoms with Gasteiger partial charge in [0.05, 0.1) is 25.7 Å². The minimum absolute atomic E-state index is 0.00648. The number of fused-ring (bicyclic) bond motifs is 1. The zero-order valence-corrected chi connectivity index (χ0v) is 12.4. The highest BCUT2D eigenvalue weighted by atomic mass is 16.5. The van der Waals surface area contributed by atoms with Crippen LogP contribution in [0, 0.1) is 5.92 Å².